The molecule has 2 aromatic rings. The van der Waals surface area contributed by atoms with Crippen LogP contribution in [0.15, 0.2) is 48.5 Å². The van der Waals surface area contributed by atoms with E-state index in [1.807, 2.05) is 0 Å². The average Bonchev–Trinajstić information content (AvgIpc) is 3.78. The number of ether oxygens (including phenoxy) is 5. The van der Waals surface area contributed by atoms with Crippen LogP contribution in [0.25, 0.3) is 0 Å². The fourth-order valence-corrected chi connectivity index (χ4v) is 9.39. The minimum absolute atomic E-state index is 0.0365. The van der Waals surface area contributed by atoms with Gasteiger partial charge in [0.05, 0.1) is 17.6 Å². The molecule has 13 nitrogen and oxygen atoms in total. The number of benzene rings is 2. The van der Waals surface area contributed by atoms with Gasteiger partial charge in [0.2, 0.25) is 0 Å². The van der Waals surface area contributed by atoms with E-state index in [1.165, 1.54) is 35.2 Å². The number of piperidine rings is 1. The Kier molecular flexibility index (Phi) is 7.10. The number of carbonyl (C=O) groups excluding carboxylic acids is 5. The van der Waals surface area contributed by atoms with E-state index >= 15 is 0 Å². The highest BCUT2D eigenvalue weighted by atomic mass is 19.3. The highest BCUT2D eigenvalue weighted by Gasteiger charge is 2.93. The maximum atomic E-state index is 14.7. The van der Waals surface area contributed by atoms with Crippen LogP contribution >= 0.6 is 0 Å². The summed E-state index contributed by atoms with van der Waals surface area (Å²) in [5, 5.41) is 12.9. The zero-order valence-corrected chi connectivity index (χ0v) is 28.1. The Bertz CT molecular complexity index is 1860. The van der Waals surface area contributed by atoms with Gasteiger partial charge < -0.3 is 38.6 Å². The number of esters is 3. The Balaban J connectivity index is 1.09. The number of halogens is 2. The third kappa shape index (κ3) is 4.48. The van der Waals surface area contributed by atoms with Gasteiger partial charge in [0.15, 0.2) is 23.8 Å². The highest BCUT2D eigenvalue weighted by molar-refractivity contribution is 5.99. The molecule has 270 valence electrons. The van der Waals surface area contributed by atoms with Crippen molar-refractivity contribution in [3.05, 3.63) is 59.7 Å². The van der Waals surface area contributed by atoms with Gasteiger partial charge >= 0.3 is 24.2 Å². The molecular weight excluding hydrogens is 674 g/mol. The number of alkyl halides is 2. The quantitative estimate of drug-likeness (QED) is 0.359. The molecule has 8 rings (SSSR count). The molecule has 6 atom stereocenters. The number of amides is 2. The van der Waals surface area contributed by atoms with E-state index in [1.54, 1.807) is 43.9 Å². The van der Waals surface area contributed by atoms with Crippen molar-refractivity contribution in [1.29, 1.82) is 0 Å². The van der Waals surface area contributed by atoms with Gasteiger partial charge in [-0.1, -0.05) is 39.0 Å². The molecule has 6 aliphatic rings. The molecule has 15 heteroatoms. The van der Waals surface area contributed by atoms with Gasteiger partial charge in [-0.15, -0.1) is 8.78 Å². The number of likely N-dealkylation sites (tertiary alicyclic amines) is 2. The fourth-order valence-electron chi connectivity index (χ4n) is 9.39. The van der Waals surface area contributed by atoms with E-state index in [9.17, 15) is 37.9 Å². The van der Waals surface area contributed by atoms with E-state index in [0.717, 1.165) is 0 Å². The molecule has 2 spiro atoms. The van der Waals surface area contributed by atoms with Crippen LogP contribution in [0.3, 0.4) is 0 Å². The Hall–Kier alpha value is -4.79. The zero-order chi connectivity index (χ0) is 36.3. The van der Waals surface area contributed by atoms with Gasteiger partial charge in [0, 0.05) is 31.6 Å². The van der Waals surface area contributed by atoms with Crippen molar-refractivity contribution in [2.45, 2.75) is 76.8 Å². The lowest BCUT2D eigenvalue weighted by Crippen LogP contribution is -2.66. The lowest BCUT2D eigenvalue weighted by atomic mass is 9.52. The Morgan fingerprint density at radius 1 is 0.961 bits per heavy atom. The zero-order valence-electron chi connectivity index (χ0n) is 28.1. The standard InChI is InChI=1S/C36H36F2N2O11/c1-32(2,3)34(46)16-24-33(17-25(41)47-24)31(45)49-30-35(33,34)26(48-29(44)20-7-5-4-6-8-20)28(43)40(30)18-19-11-13-39(14-12-19)27(42)21-9-10-22-23(15-21)51-36(37,38)50-22/h4-10,15,19,24,26,30,46H,11-14,16-18H2,1-3H3/t24-,26-,30-,33-,34+,35+/m0/s1. The molecule has 2 aromatic carbocycles. The molecule has 51 heavy (non-hydrogen) atoms. The summed E-state index contributed by atoms with van der Waals surface area (Å²) in [6.07, 6.45) is -7.82. The minimum Gasteiger partial charge on any atom is -0.461 e. The van der Waals surface area contributed by atoms with Crippen molar-refractivity contribution in [3.8, 4) is 11.5 Å². The maximum Gasteiger partial charge on any atom is 0.586 e. The normalized spacial score (nSPS) is 33.5. The lowest BCUT2D eigenvalue weighted by Gasteiger charge is -2.51. The molecule has 0 aromatic heterocycles. The van der Waals surface area contributed by atoms with Crippen LogP contribution in [0.2, 0.25) is 0 Å². The predicted octanol–water partition coefficient (Wildman–Crippen LogP) is 3.28. The van der Waals surface area contributed by atoms with Gasteiger partial charge in [-0.25, -0.2) is 4.79 Å². The second kappa shape index (κ2) is 10.9. The van der Waals surface area contributed by atoms with Crippen molar-refractivity contribution in [3.63, 3.8) is 0 Å². The monoisotopic (exact) mass is 710 g/mol. The molecule has 5 heterocycles. The molecule has 4 saturated heterocycles. The number of rotatable bonds is 5. The maximum absolute atomic E-state index is 14.7. The van der Waals surface area contributed by atoms with Crippen LogP contribution in [0.5, 0.6) is 11.5 Å². The van der Waals surface area contributed by atoms with Crippen LogP contribution in [0.4, 0.5) is 8.78 Å². The van der Waals surface area contributed by atoms with E-state index in [-0.39, 0.29) is 54.6 Å². The van der Waals surface area contributed by atoms with E-state index in [2.05, 4.69) is 9.47 Å². The second-order valence-corrected chi connectivity index (χ2v) is 15.3. The van der Waals surface area contributed by atoms with Crippen LogP contribution in [-0.2, 0) is 28.6 Å². The number of carbonyl (C=O) groups is 5. The summed E-state index contributed by atoms with van der Waals surface area (Å²) in [6.45, 7) is 5.81. The van der Waals surface area contributed by atoms with Crippen molar-refractivity contribution in [1.82, 2.24) is 9.80 Å². The minimum atomic E-state index is -3.82. The first-order valence-electron chi connectivity index (χ1n) is 16.9. The molecule has 0 radical (unpaired) electrons. The average molecular weight is 711 g/mol. The third-order valence-corrected chi connectivity index (χ3v) is 11.8. The summed E-state index contributed by atoms with van der Waals surface area (Å²) in [5.74, 6) is -4.03. The second-order valence-electron chi connectivity index (χ2n) is 15.3. The van der Waals surface area contributed by atoms with Gasteiger partial charge in [-0.3, -0.25) is 19.2 Å². The summed E-state index contributed by atoms with van der Waals surface area (Å²) >= 11 is 0. The van der Waals surface area contributed by atoms with Crippen molar-refractivity contribution < 1.29 is 61.5 Å². The summed E-state index contributed by atoms with van der Waals surface area (Å²) in [6, 6.07) is 11.8. The molecule has 2 amide bonds. The number of hydrogen-bond donors (Lipinski definition) is 1. The third-order valence-electron chi connectivity index (χ3n) is 11.8. The SMILES string of the molecule is CC(C)(C)[C@]1(O)C[C@@H]2OC(=O)C[C@@]23C(=O)O[C@@H]2N(CC4CCN(C(=O)c5ccc6c(c5)OC(F)(F)O6)CC4)C(=O)[C@H](OC(=O)c4ccccc4)[C@]213. The van der Waals surface area contributed by atoms with Gasteiger partial charge in [-0.05, 0) is 54.5 Å². The Morgan fingerprint density at radius 3 is 2.33 bits per heavy atom. The van der Waals surface area contributed by atoms with Crippen molar-refractivity contribution >= 4 is 29.7 Å². The number of hydrogen-bond acceptors (Lipinski definition) is 11. The summed E-state index contributed by atoms with van der Waals surface area (Å²) in [4.78, 5) is 71.5. The summed E-state index contributed by atoms with van der Waals surface area (Å²) in [5.41, 5.74) is -6.32. The van der Waals surface area contributed by atoms with Crippen LogP contribution in [-0.4, -0.2) is 94.6 Å². The smallest absolute Gasteiger partial charge is 0.461 e. The molecule has 1 saturated carbocycles. The summed E-state index contributed by atoms with van der Waals surface area (Å²) in [7, 11) is 0. The van der Waals surface area contributed by atoms with E-state index < -0.39 is 82.7 Å². The first kappa shape index (κ1) is 33.4. The van der Waals surface area contributed by atoms with Gasteiger partial charge in [0.1, 0.15) is 16.9 Å². The first-order valence-corrected chi connectivity index (χ1v) is 16.9. The van der Waals surface area contributed by atoms with Crippen LogP contribution in [0.1, 0.15) is 67.2 Å². The number of fused-ring (bicyclic) bond motifs is 1. The largest absolute Gasteiger partial charge is 0.586 e. The van der Waals surface area contributed by atoms with Gasteiger partial charge in [0.25, 0.3) is 11.8 Å². The molecule has 5 fully saturated rings. The van der Waals surface area contributed by atoms with Crippen LogP contribution < -0.4 is 9.47 Å². The Labute approximate surface area is 290 Å². The topological polar surface area (TPSA) is 158 Å². The number of nitrogens with zero attached hydrogens (tertiary/aromatic N) is 2. The molecule has 1 aliphatic carbocycles. The van der Waals surface area contributed by atoms with Crippen molar-refractivity contribution in [2.75, 3.05) is 19.6 Å². The summed E-state index contributed by atoms with van der Waals surface area (Å²) < 4.78 is 53.7. The molecule has 5 aliphatic heterocycles. The molecular formula is C36H36F2N2O11. The lowest BCUT2D eigenvalue weighted by molar-refractivity contribution is -0.286. The number of aliphatic hydroxyl groups is 1. The molecule has 0 bridgehead atoms. The highest BCUT2D eigenvalue weighted by Crippen LogP contribution is 2.76. The fraction of sp³-hybridized carbons (Fsp3) is 0.528. The Morgan fingerprint density at radius 2 is 1.65 bits per heavy atom. The van der Waals surface area contributed by atoms with Crippen LogP contribution in [0, 0.1) is 22.2 Å². The predicted molar refractivity (Wildman–Crippen MR) is 167 cm³/mol. The van der Waals surface area contributed by atoms with Gasteiger partial charge in [-0.2, -0.15) is 0 Å². The van der Waals surface area contributed by atoms with Crippen molar-refractivity contribution in [2.24, 2.45) is 22.2 Å². The van der Waals surface area contributed by atoms with E-state index in [4.69, 9.17) is 14.2 Å². The van der Waals surface area contributed by atoms with E-state index in [0.29, 0.717) is 12.8 Å². The first-order chi connectivity index (χ1) is 24.0. The molecule has 1 N–H and O–H groups in total. The molecule has 0 unspecified atom stereocenters.